The Balaban J connectivity index is 2.05. The Morgan fingerprint density at radius 3 is 2.43 bits per heavy atom. The molecule has 1 aromatic carbocycles. The van der Waals surface area contributed by atoms with Gasteiger partial charge >= 0.3 is 5.97 Å². The average Bonchev–Trinajstić information content (AvgIpc) is 2.56. The van der Waals surface area contributed by atoms with Crippen molar-refractivity contribution in [2.75, 3.05) is 5.32 Å². The van der Waals surface area contributed by atoms with E-state index in [1.54, 1.807) is 24.3 Å². The Bertz CT molecular complexity index is 582. The third-order valence-corrected chi connectivity index (χ3v) is 4.33. The fourth-order valence-corrected chi connectivity index (χ4v) is 2.63. The number of esters is 1. The molecule has 0 aromatic heterocycles. The molecule has 3 atom stereocenters. The van der Waals surface area contributed by atoms with E-state index in [4.69, 9.17) is 16.3 Å². The van der Waals surface area contributed by atoms with Crippen LogP contribution in [0.4, 0.5) is 5.69 Å². The summed E-state index contributed by atoms with van der Waals surface area (Å²) in [6, 6.07) is 6.91. The van der Waals surface area contributed by atoms with Gasteiger partial charge in [0, 0.05) is 10.7 Å². The highest BCUT2D eigenvalue weighted by molar-refractivity contribution is 6.30. The average molecular weight is 336 g/mol. The van der Waals surface area contributed by atoms with Crippen molar-refractivity contribution >= 4 is 29.2 Å². The molecular formula is C18H22ClNO3. The van der Waals surface area contributed by atoms with Crippen molar-refractivity contribution in [2.45, 2.75) is 39.2 Å². The number of amides is 1. The molecule has 1 aromatic rings. The highest BCUT2D eigenvalue weighted by atomic mass is 35.5. The number of benzene rings is 1. The number of hydrogen-bond acceptors (Lipinski definition) is 3. The molecule has 2 rings (SSSR count). The molecule has 0 bridgehead atoms. The molecule has 0 spiro atoms. The molecule has 1 amide bonds. The van der Waals surface area contributed by atoms with Crippen LogP contribution in [0.5, 0.6) is 0 Å². The molecule has 0 unspecified atom stereocenters. The van der Waals surface area contributed by atoms with Crippen LogP contribution in [0.3, 0.4) is 0 Å². The normalized spacial score (nSPS) is 21.5. The van der Waals surface area contributed by atoms with E-state index in [0.717, 1.165) is 6.42 Å². The maximum atomic E-state index is 12.5. The summed E-state index contributed by atoms with van der Waals surface area (Å²) in [6.07, 6.45) is 5.59. The second kappa shape index (κ2) is 8.16. The summed E-state index contributed by atoms with van der Waals surface area (Å²) in [7, 11) is 0. The van der Waals surface area contributed by atoms with Gasteiger partial charge in [-0.3, -0.25) is 9.59 Å². The second-order valence-electron chi connectivity index (χ2n) is 5.81. The summed E-state index contributed by atoms with van der Waals surface area (Å²) < 4.78 is 5.42. The van der Waals surface area contributed by atoms with Gasteiger partial charge in [-0.25, -0.2) is 0 Å². The molecule has 5 heteroatoms. The lowest BCUT2D eigenvalue weighted by Gasteiger charge is -2.27. The van der Waals surface area contributed by atoms with E-state index in [9.17, 15) is 9.59 Å². The summed E-state index contributed by atoms with van der Waals surface area (Å²) in [5.41, 5.74) is 0.669. The van der Waals surface area contributed by atoms with Gasteiger partial charge in [-0.15, -0.1) is 0 Å². The van der Waals surface area contributed by atoms with Crippen molar-refractivity contribution < 1.29 is 14.3 Å². The second-order valence-corrected chi connectivity index (χ2v) is 6.24. The molecule has 124 valence electrons. The van der Waals surface area contributed by atoms with E-state index < -0.39 is 11.8 Å². The fraction of sp³-hybridized carbons (Fsp3) is 0.444. The van der Waals surface area contributed by atoms with Crippen LogP contribution >= 0.6 is 11.6 Å². The molecule has 0 aliphatic heterocycles. The highest BCUT2D eigenvalue weighted by Crippen LogP contribution is 2.29. The zero-order chi connectivity index (χ0) is 16.8. The number of nitrogens with one attached hydrogen (secondary N) is 1. The summed E-state index contributed by atoms with van der Waals surface area (Å²) in [5.74, 6) is -1.30. The number of rotatable bonds is 5. The van der Waals surface area contributed by atoms with Crippen molar-refractivity contribution in [3.63, 3.8) is 0 Å². The number of ether oxygens (including phenoxy) is 1. The van der Waals surface area contributed by atoms with Crippen LogP contribution in [0.1, 0.15) is 33.1 Å². The molecule has 0 saturated heterocycles. The Labute approximate surface area is 141 Å². The van der Waals surface area contributed by atoms with Crippen LogP contribution in [0.25, 0.3) is 0 Å². The molecule has 23 heavy (non-hydrogen) atoms. The predicted molar refractivity (Wildman–Crippen MR) is 91.3 cm³/mol. The molecule has 0 saturated carbocycles. The molecular weight excluding hydrogens is 314 g/mol. The van der Waals surface area contributed by atoms with Gasteiger partial charge in [0.25, 0.3) is 0 Å². The van der Waals surface area contributed by atoms with Crippen LogP contribution in [0.2, 0.25) is 5.02 Å². The number of allylic oxidation sites excluding steroid dienone is 2. The summed E-state index contributed by atoms with van der Waals surface area (Å²) in [6.45, 7) is 3.82. The van der Waals surface area contributed by atoms with Gasteiger partial charge in [0.05, 0.1) is 17.9 Å². The topological polar surface area (TPSA) is 55.4 Å². The SMILES string of the molecule is CC[C@H](C)OC(=O)[C@@H]1CC=CC[C@@H]1C(=O)Nc1ccc(Cl)cc1. The van der Waals surface area contributed by atoms with Crippen molar-refractivity contribution in [3.8, 4) is 0 Å². The summed E-state index contributed by atoms with van der Waals surface area (Å²) >= 11 is 5.84. The zero-order valence-electron chi connectivity index (χ0n) is 13.4. The van der Waals surface area contributed by atoms with E-state index in [1.165, 1.54) is 0 Å². The first kappa shape index (κ1) is 17.5. The molecule has 0 radical (unpaired) electrons. The summed E-state index contributed by atoms with van der Waals surface area (Å²) in [4.78, 5) is 24.9. The third-order valence-electron chi connectivity index (χ3n) is 4.08. The van der Waals surface area contributed by atoms with E-state index in [-0.39, 0.29) is 18.0 Å². The van der Waals surface area contributed by atoms with Crippen LogP contribution in [-0.4, -0.2) is 18.0 Å². The van der Waals surface area contributed by atoms with Crippen molar-refractivity contribution in [1.29, 1.82) is 0 Å². The lowest BCUT2D eigenvalue weighted by molar-refractivity contribution is -0.157. The Kier molecular flexibility index (Phi) is 6.22. The molecule has 4 nitrogen and oxygen atoms in total. The van der Waals surface area contributed by atoms with Crippen molar-refractivity contribution in [1.82, 2.24) is 0 Å². The quantitative estimate of drug-likeness (QED) is 0.648. The minimum atomic E-state index is -0.429. The molecule has 1 aliphatic rings. The predicted octanol–water partition coefficient (Wildman–Crippen LogP) is 4.20. The lowest BCUT2D eigenvalue weighted by atomic mass is 9.82. The number of hydrogen-bond donors (Lipinski definition) is 1. The number of carbonyl (C=O) groups excluding carboxylic acids is 2. The van der Waals surface area contributed by atoms with E-state index in [2.05, 4.69) is 5.32 Å². The van der Waals surface area contributed by atoms with Gasteiger partial charge < -0.3 is 10.1 Å². The van der Waals surface area contributed by atoms with Gasteiger partial charge in [0.15, 0.2) is 0 Å². The summed E-state index contributed by atoms with van der Waals surface area (Å²) in [5, 5.41) is 3.46. The standard InChI is InChI=1S/C18H22ClNO3/c1-3-12(2)23-18(22)16-7-5-4-6-15(16)17(21)20-14-10-8-13(19)9-11-14/h4-5,8-12,15-16H,3,6-7H2,1-2H3,(H,20,21)/t12-,15-,16+/m0/s1. The van der Waals surface area contributed by atoms with E-state index in [1.807, 2.05) is 26.0 Å². The van der Waals surface area contributed by atoms with Gasteiger partial charge in [-0.2, -0.15) is 0 Å². The molecule has 1 aliphatic carbocycles. The maximum absolute atomic E-state index is 12.5. The van der Waals surface area contributed by atoms with E-state index >= 15 is 0 Å². The van der Waals surface area contributed by atoms with Crippen LogP contribution in [0.15, 0.2) is 36.4 Å². The zero-order valence-corrected chi connectivity index (χ0v) is 14.2. The van der Waals surface area contributed by atoms with Gasteiger partial charge in [-0.1, -0.05) is 30.7 Å². The molecule has 1 N–H and O–H groups in total. The van der Waals surface area contributed by atoms with Crippen LogP contribution < -0.4 is 5.32 Å². The van der Waals surface area contributed by atoms with Crippen molar-refractivity contribution in [2.24, 2.45) is 11.8 Å². The Morgan fingerprint density at radius 1 is 1.22 bits per heavy atom. The largest absolute Gasteiger partial charge is 0.462 e. The first-order valence-corrected chi connectivity index (χ1v) is 8.31. The van der Waals surface area contributed by atoms with Crippen LogP contribution in [-0.2, 0) is 14.3 Å². The number of anilines is 1. The fourth-order valence-electron chi connectivity index (χ4n) is 2.50. The minimum absolute atomic E-state index is 0.131. The maximum Gasteiger partial charge on any atom is 0.310 e. The third kappa shape index (κ3) is 4.83. The van der Waals surface area contributed by atoms with E-state index in [0.29, 0.717) is 23.6 Å². The first-order valence-electron chi connectivity index (χ1n) is 7.93. The van der Waals surface area contributed by atoms with Crippen LogP contribution in [0, 0.1) is 11.8 Å². The Morgan fingerprint density at radius 2 is 1.83 bits per heavy atom. The molecule has 0 heterocycles. The lowest BCUT2D eigenvalue weighted by Crippen LogP contribution is -2.36. The number of carbonyl (C=O) groups is 2. The molecule has 0 fully saturated rings. The monoisotopic (exact) mass is 335 g/mol. The van der Waals surface area contributed by atoms with Gasteiger partial charge in [-0.05, 0) is 50.5 Å². The Hall–Kier alpha value is -1.81. The van der Waals surface area contributed by atoms with Gasteiger partial charge in [0.2, 0.25) is 5.91 Å². The van der Waals surface area contributed by atoms with Gasteiger partial charge in [0.1, 0.15) is 0 Å². The minimum Gasteiger partial charge on any atom is -0.462 e. The first-order chi connectivity index (χ1) is 11.0. The highest BCUT2D eigenvalue weighted by Gasteiger charge is 2.35. The smallest absolute Gasteiger partial charge is 0.310 e. The van der Waals surface area contributed by atoms with Crippen molar-refractivity contribution in [3.05, 3.63) is 41.4 Å². The number of halogens is 1.